The molecule has 2 aromatic rings. The quantitative estimate of drug-likeness (QED) is 0.523. The molecule has 0 atom stereocenters. The van der Waals surface area contributed by atoms with Crippen LogP contribution in [0.2, 0.25) is 5.15 Å². The van der Waals surface area contributed by atoms with Crippen LogP contribution >= 0.6 is 11.6 Å². The van der Waals surface area contributed by atoms with Crippen molar-refractivity contribution in [2.45, 2.75) is 6.92 Å². The number of fused-ring (bicyclic) bond motifs is 1. The highest BCUT2D eigenvalue weighted by Gasteiger charge is 2.12. The Morgan fingerprint density at radius 3 is 2.93 bits per heavy atom. The molecule has 0 fully saturated rings. The lowest BCUT2D eigenvalue weighted by molar-refractivity contribution is -0.575. The van der Waals surface area contributed by atoms with E-state index < -0.39 is 5.56 Å². The molecule has 0 radical (unpaired) electrons. The van der Waals surface area contributed by atoms with Crippen LogP contribution in [0.3, 0.4) is 0 Å². The summed E-state index contributed by atoms with van der Waals surface area (Å²) in [5.41, 5.74) is 1.22. The Bertz CT molecular complexity index is 562. The van der Waals surface area contributed by atoms with E-state index in [2.05, 4.69) is 4.98 Å². The van der Waals surface area contributed by atoms with E-state index in [-0.39, 0.29) is 5.15 Å². The highest BCUT2D eigenvalue weighted by atomic mass is 35.5. The maximum Gasteiger partial charge on any atom is 0.352 e. The van der Waals surface area contributed by atoms with E-state index in [0.717, 1.165) is 5.56 Å². The molecule has 0 amide bonds. The van der Waals surface area contributed by atoms with Crippen molar-refractivity contribution < 1.29 is 4.73 Å². The molecule has 0 bridgehead atoms. The van der Waals surface area contributed by atoms with Crippen LogP contribution in [-0.2, 0) is 0 Å². The van der Waals surface area contributed by atoms with Gasteiger partial charge in [-0.1, -0.05) is 6.07 Å². The molecular formula is C9H7ClN2O2. The van der Waals surface area contributed by atoms with Gasteiger partial charge in [0.15, 0.2) is 0 Å². The fraction of sp³-hybridized carbons (Fsp3) is 0.111. The lowest BCUT2D eigenvalue weighted by Crippen LogP contribution is -2.35. The minimum atomic E-state index is -0.571. The third-order valence-corrected chi connectivity index (χ3v) is 2.31. The van der Waals surface area contributed by atoms with Gasteiger partial charge < -0.3 is 10.2 Å². The number of hydrogen-bond donors (Lipinski definition) is 1. The van der Waals surface area contributed by atoms with E-state index in [0.29, 0.717) is 15.8 Å². The molecule has 14 heavy (non-hydrogen) atoms. The maximum atomic E-state index is 11.5. The molecule has 1 N–H and O–H groups in total. The van der Waals surface area contributed by atoms with E-state index in [4.69, 9.17) is 11.6 Å². The summed E-state index contributed by atoms with van der Waals surface area (Å²) in [6.45, 7) is 1.86. The molecular weight excluding hydrogens is 204 g/mol. The van der Waals surface area contributed by atoms with Crippen LogP contribution in [0.5, 0.6) is 0 Å². The van der Waals surface area contributed by atoms with Gasteiger partial charge in [-0.25, -0.2) is 0 Å². The normalized spacial score (nSPS) is 10.7. The summed E-state index contributed by atoms with van der Waals surface area (Å²) in [6.07, 6.45) is 0. The van der Waals surface area contributed by atoms with Gasteiger partial charge in [0, 0.05) is 6.07 Å². The Balaban J connectivity index is 2.99. The van der Waals surface area contributed by atoms with Crippen molar-refractivity contribution in [1.82, 2.24) is 4.98 Å². The molecule has 0 aliphatic rings. The second kappa shape index (κ2) is 2.99. The largest absolute Gasteiger partial charge is 0.617 e. The Hall–Kier alpha value is -1.55. The molecule has 5 heteroatoms. The van der Waals surface area contributed by atoms with E-state index in [9.17, 15) is 10.0 Å². The highest BCUT2D eigenvalue weighted by Crippen LogP contribution is 2.09. The monoisotopic (exact) mass is 210 g/mol. The second-order valence-corrected chi connectivity index (χ2v) is 3.42. The number of aryl methyl sites for hydroxylation is 1. The van der Waals surface area contributed by atoms with Crippen molar-refractivity contribution in [3.05, 3.63) is 44.5 Å². The van der Waals surface area contributed by atoms with Gasteiger partial charge >= 0.3 is 10.7 Å². The second-order valence-electron chi connectivity index (χ2n) is 3.06. The number of halogens is 1. The van der Waals surface area contributed by atoms with Crippen molar-refractivity contribution in [2.24, 2.45) is 0 Å². The van der Waals surface area contributed by atoms with Crippen LogP contribution < -0.4 is 10.3 Å². The van der Waals surface area contributed by atoms with Gasteiger partial charge in [0.2, 0.25) is 5.52 Å². The molecule has 0 aliphatic carbocycles. The molecule has 1 heterocycles. The fourth-order valence-corrected chi connectivity index (χ4v) is 1.43. The summed E-state index contributed by atoms with van der Waals surface area (Å²) in [4.78, 5) is 13.6. The van der Waals surface area contributed by atoms with E-state index >= 15 is 0 Å². The first kappa shape index (κ1) is 9.02. The minimum absolute atomic E-state index is 0.358. The fourth-order valence-electron chi connectivity index (χ4n) is 1.29. The predicted molar refractivity (Wildman–Crippen MR) is 53.3 cm³/mol. The van der Waals surface area contributed by atoms with E-state index in [1.165, 1.54) is 0 Å². The first-order valence-electron chi connectivity index (χ1n) is 4.01. The standard InChI is InChI=1S/C9H7ClN2O2/c1-5-2-3-6-7(4-5)12(14)8(10)9(13)11-6/h2-4H,1H3,(H,11,13). The van der Waals surface area contributed by atoms with Crippen LogP contribution in [0.4, 0.5) is 0 Å². The molecule has 1 aromatic carbocycles. The zero-order chi connectivity index (χ0) is 10.3. The van der Waals surface area contributed by atoms with Crippen molar-refractivity contribution in [1.29, 1.82) is 0 Å². The van der Waals surface area contributed by atoms with Gasteiger partial charge in [-0.05, 0) is 30.2 Å². The predicted octanol–water partition coefficient (Wildman–Crippen LogP) is 1.12. The van der Waals surface area contributed by atoms with E-state index in [1.807, 2.05) is 13.0 Å². The summed E-state index contributed by atoms with van der Waals surface area (Å²) in [5.74, 6) is 0. The molecule has 0 aliphatic heterocycles. The van der Waals surface area contributed by atoms with Crippen molar-refractivity contribution in [3.63, 3.8) is 0 Å². The molecule has 0 spiro atoms. The summed E-state index contributed by atoms with van der Waals surface area (Å²) < 4.78 is 0.433. The van der Waals surface area contributed by atoms with Crippen LogP contribution in [0.1, 0.15) is 5.56 Å². The van der Waals surface area contributed by atoms with Crippen molar-refractivity contribution in [3.8, 4) is 0 Å². The molecule has 2 rings (SSSR count). The summed E-state index contributed by atoms with van der Waals surface area (Å²) >= 11 is 5.52. The Morgan fingerprint density at radius 1 is 1.50 bits per heavy atom. The Kier molecular flexibility index (Phi) is 1.93. The highest BCUT2D eigenvalue weighted by molar-refractivity contribution is 6.28. The zero-order valence-electron chi connectivity index (χ0n) is 7.37. The first-order valence-corrected chi connectivity index (χ1v) is 4.39. The lowest BCUT2D eigenvalue weighted by Gasteiger charge is -2.02. The Morgan fingerprint density at radius 2 is 2.21 bits per heavy atom. The minimum Gasteiger partial charge on any atom is -0.617 e. The molecule has 1 aromatic heterocycles. The summed E-state index contributed by atoms with van der Waals surface area (Å²) in [7, 11) is 0. The number of nitrogens with one attached hydrogen (secondary N) is 1. The average Bonchev–Trinajstić information content (AvgIpc) is 2.16. The number of benzene rings is 1. The van der Waals surface area contributed by atoms with Crippen LogP contribution in [0, 0.1) is 12.1 Å². The van der Waals surface area contributed by atoms with Gasteiger partial charge in [-0.3, -0.25) is 4.79 Å². The van der Waals surface area contributed by atoms with E-state index in [1.54, 1.807) is 12.1 Å². The molecule has 0 saturated heterocycles. The molecule has 4 nitrogen and oxygen atoms in total. The topological polar surface area (TPSA) is 59.8 Å². The molecule has 0 saturated carbocycles. The first-order chi connectivity index (χ1) is 6.59. The van der Waals surface area contributed by atoms with Crippen LogP contribution in [0.15, 0.2) is 23.0 Å². The van der Waals surface area contributed by atoms with Crippen molar-refractivity contribution in [2.75, 3.05) is 0 Å². The number of H-pyrrole nitrogens is 1. The third kappa shape index (κ3) is 1.24. The van der Waals surface area contributed by atoms with Crippen LogP contribution in [-0.4, -0.2) is 4.98 Å². The average molecular weight is 211 g/mol. The van der Waals surface area contributed by atoms with Gasteiger partial charge in [0.05, 0.1) is 0 Å². The lowest BCUT2D eigenvalue weighted by atomic mass is 10.2. The summed E-state index contributed by atoms with van der Waals surface area (Å²) in [6, 6.07) is 5.16. The molecule has 0 unspecified atom stereocenters. The third-order valence-electron chi connectivity index (χ3n) is 1.99. The SMILES string of the molecule is Cc1ccc2[nH]c(=O)c(Cl)[n+]([O-])c2c1. The van der Waals surface area contributed by atoms with Gasteiger partial charge in [-0.2, -0.15) is 0 Å². The number of aromatic nitrogens is 2. The van der Waals surface area contributed by atoms with Gasteiger partial charge in [0.1, 0.15) is 5.52 Å². The number of rotatable bonds is 0. The number of hydrogen-bond acceptors (Lipinski definition) is 2. The van der Waals surface area contributed by atoms with Crippen molar-refractivity contribution >= 4 is 22.6 Å². The number of aromatic amines is 1. The molecule has 72 valence electrons. The number of nitrogens with zero attached hydrogens (tertiary/aromatic N) is 1. The smallest absolute Gasteiger partial charge is 0.352 e. The Labute approximate surface area is 84.3 Å². The van der Waals surface area contributed by atoms with Crippen LogP contribution in [0.25, 0.3) is 11.0 Å². The summed E-state index contributed by atoms with van der Waals surface area (Å²) in [5, 5.41) is 11.1. The van der Waals surface area contributed by atoms with Gasteiger partial charge in [0.25, 0.3) is 0 Å². The zero-order valence-corrected chi connectivity index (χ0v) is 8.13. The maximum absolute atomic E-state index is 11.5. The van der Waals surface area contributed by atoms with Gasteiger partial charge in [-0.15, -0.1) is 4.73 Å².